The molecule has 2 rings (SSSR count). The number of hydrogen-bond donors (Lipinski definition) is 1. The predicted octanol–water partition coefficient (Wildman–Crippen LogP) is 4.72. The molecule has 2 aromatic carbocycles. The van der Waals surface area contributed by atoms with Gasteiger partial charge in [-0.25, -0.2) is 0 Å². The number of benzene rings is 2. The van der Waals surface area contributed by atoms with E-state index in [1.165, 1.54) is 22.3 Å². The van der Waals surface area contributed by atoms with Crippen LogP contribution in [0.5, 0.6) is 0 Å². The van der Waals surface area contributed by atoms with Gasteiger partial charge >= 0.3 is 0 Å². The Morgan fingerprint density at radius 3 is 2.14 bits per heavy atom. The van der Waals surface area contributed by atoms with Gasteiger partial charge in [-0.2, -0.15) is 0 Å². The number of nitrogens with one attached hydrogen (secondary N) is 1. The Morgan fingerprint density at radius 1 is 0.952 bits per heavy atom. The van der Waals surface area contributed by atoms with Gasteiger partial charge in [0.05, 0.1) is 0 Å². The van der Waals surface area contributed by atoms with Gasteiger partial charge in [0.15, 0.2) is 0 Å². The minimum Gasteiger partial charge on any atom is -0.314 e. The van der Waals surface area contributed by atoms with Crippen LogP contribution in [0.15, 0.2) is 42.5 Å². The molecule has 0 aliphatic rings. The first-order valence-corrected chi connectivity index (χ1v) is 8.01. The molecule has 0 aliphatic carbocycles. The van der Waals surface area contributed by atoms with Crippen LogP contribution in [0.1, 0.15) is 29.2 Å². The molecule has 112 valence electrons. The summed E-state index contributed by atoms with van der Waals surface area (Å²) in [4.78, 5) is 0. The van der Waals surface area contributed by atoms with Crippen LogP contribution in [0.2, 0.25) is 5.02 Å². The molecule has 0 saturated heterocycles. The highest BCUT2D eigenvalue weighted by Gasteiger charge is 2.12. The largest absolute Gasteiger partial charge is 0.314 e. The van der Waals surface area contributed by atoms with Crippen LogP contribution < -0.4 is 5.32 Å². The molecule has 1 unspecified atom stereocenters. The zero-order chi connectivity index (χ0) is 15.2. The van der Waals surface area contributed by atoms with Crippen molar-refractivity contribution in [1.29, 1.82) is 0 Å². The molecular formula is C19H24ClN. The highest BCUT2D eigenvalue weighted by molar-refractivity contribution is 6.30. The van der Waals surface area contributed by atoms with Crippen molar-refractivity contribution in [3.8, 4) is 0 Å². The molecule has 2 heteroatoms. The summed E-state index contributed by atoms with van der Waals surface area (Å²) in [5.74, 6) is 0. The van der Waals surface area contributed by atoms with Gasteiger partial charge < -0.3 is 5.32 Å². The van der Waals surface area contributed by atoms with Crippen molar-refractivity contribution in [1.82, 2.24) is 5.32 Å². The topological polar surface area (TPSA) is 12.0 Å². The molecule has 1 atom stereocenters. The summed E-state index contributed by atoms with van der Waals surface area (Å²) in [6, 6.07) is 15.2. The van der Waals surface area contributed by atoms with Crippen LogP contribution in [0, 0.1) is 13.8 Å². The third kappa shape index (κ3) is 4.59. The Hall–Kier alpha value is -1.31. The molecule has 0 aromatic heterocycles. The van der Waals surface area contributed by atoms with Gasteiger partial charge in [-0.1, -0.05) is 48.9 Å². The van der Waals surface area contributed by atoms with Crippen molar-refractivity contribution in [2.75, 3.05) is 6.54 Å². The Kier molecular flexibility index (Phi) is 5.84. The maximum absolute atomic E-state index is 5.97. The Balaban J connectivity index is 2.13. The minimum atomic E-state index is 0.455. The first-order chi connectivity index (χ1) is 10.1. The average molecular weight is 302 g/mol. The number of rotatable bonds is 6. The zero-order valence-electron chi connectivity index (χ0n) is 13.1. The SMILES string of the molecule is CCNC(Cc1ccc(Cl)cc1)Cc1c(C)cccc1C. The molecule has 1 N–H and O–H groups in total. The first-order valence-electron chi connectivity index (χ1n) is 7.63. The van der Waals surface area contributed by atoms with Gasteiger partial charge in [0.2, 0.25) is 0 Å². The predicted molar refractivity (Wildman–Crippen MR) is 92.2 cm³/mol. The van der Waals surface area contributed by atoms with Crippen LogP contribution in [0.25, 0.3) is 0 Å². The molecule has 21 heavy (non-hydrogen) atoms. The van der Waals surface area contributed by atoms with E-state index in [2.05, 4.69) is 56.4 Å². The Morgan fingerprint density at radius 2 is 1.57 bits per heavy atom. The quantitative estimate of drug-likeness (QED) is 0.814. The lowest BCUT2D eigenvalue weighted by atomic mass is 9.93. The molecule has 0 fully saturated rings. The highest BCUT2D eigenvalue weighted by Crippen LogP contribution is 2.18. The van der Waals surface area contributed by atoms with Crippen molar-refractivity contribution in [3.05, 3.63) is 69.7 Å². The molecule has 0 bridgehead atoms. The summed E-state index contributed by atoms with van der Waals surface area (Å²) < 4.78 is 0. The second-order valence-electron chi connectivity index (χ2n) is 5.66. The summed E-state index contributed by atoms with van der Waals surface area (Å²) in [7, 11) is 0. The van der Waals surface area contributed by atoms with Crippen LogP contribution in [-0.2, 0) is 12.8 Å². The molecule has 0 amide bonds. The van der Waals surface area contributed by atoms with E-state index in [0.29, 0.717) is 6.04 Å². The van der Waals surface area contributed by atoms with Crippen molar-refractivity contribution >= 4 is 11.6 Å². The summed E-state index contributed by atoms with van der Waals surface area (Å²) in [6.07, 6.45) is 2.09. The van der Waals surface area contributed by atoms with Crippen LogP contribution in [0.3, 0.4) is 0 Å². The van der Waals surface area contributed by atoms with E-state index in [9.17, 15) is 0 Å². The first kappa shape index (κ1) is 16.1. The number of hydrogen-bond acceptors (Lipinski definition) is 1. The molecule has 0 radical (unpaired) electrons. The van der Waals surface area contributed by atoms with Crippen LogP contribution in [-0.4, -0.2) is 12.6 Å². The summed E-state index contributed by atoms with van der Waals surface area (Å²) in [5, 5.41) is 4.42. The van der Waals surface area contributed by atoms with Crippen molar-refractivity contribution < 1.29 is 0 Å². The standard InChI is InChI=1S/C19H24ClN/c1-4-21-18(12-16-8-10-17(20)11-9-16)13-19-14(2)6-5-7-15(19)3/h5-11,18,21H,4,12-13H2,1-3H3. The summed E-state index contributed by atoms with van der Waals surface area (Å²) in [5.41, 5.74) is 5.57. The maximum atomic E-state index is 5.97. The molecule has 0 spiro atoms. The van der Waals surface area contributed by atoms with Gasteiger partial charge in [0, 0.05) is 11.1 Å². The van der Waals surface area contributed by atoms with E-state index in [-0.39, 0.29) is 0 Å². The molecule has 2 aromatic rings. The lowest BCUT2D eigenvalue weighted by Gasteiger charge is -2.20. The van der Waals surface area contributed by atoms with E-state index in [4.69, 9.17) is 11.6 Å². The second kappa shape index (κ2) is 7.63. The number of likely N-dealkylation sites (N-methyl/N-ethyl adjacent to an activating group) is 1. The lowest BCUT2D eigenvalue weighted by molar-refractivity contribution is 0.519. The van der Waals surface area contributed by atoms with E-state index in [1.54, 1.807) is 0 Å². The Bertz CT molecular complexity index is 554. The summed E-state index contributed by atoms with van der Waals surface area (Å²) >= 11 is 5.97. The third-order valence-electron chi connectivity index (χ3n) is 3.98. The van der Waals surface area contributed by atoms with E-state index in [1.807, 2.05) is 12.1 Å². The zero-order valence-corrected chi connectivity index (χ0v) is 13.9. The average Bonchev–Trinajstić information content (AvgIpc) is 2.45. The Labute approximate surface area is 133 Å². The number of aryl methyl sites for hydroxylation is 2. The van der Waals surface area contributed by atoms with Crippen LogP contribution in [0.4, 0.5) is 0 Å². The van der Waals surface area contributed by atoms with E-state index >= 15 is 0 Å². The molecule has 0 aliphatic heterocycles. The second-order valence-corrected chi connectivity index (χ2v) is 6.10. The molecule has 0 heterocycles. The van der Waals surface area contributed by atoms with Crippen molar-refractivity contribution in [2.24, 2.45) is 0 Å². The summed E-state index contributed by atoms with van der Waals surface area (Å²) in [6.45, 7) is 7.56. The lowest BCUT2D eigenvalue weighted by Crippen LogP contribution is -2.33. The molecular weight excluding hydrogens is 278 g/mol. The highest BCUT2D eigenvalue weighted by atomic mass is 35.5. The fraction of sp³-hybridized carbons (Fsp3) is 0.368. The van der Waals surface area contributed by atoms with E-state index in [0.717, 1.165) is 24.4 Å². The van der Waals surface area contributed by atoms with Crippen molar-refractivity contribution in [3.63, 3.8) is 0 Å². The normalized spacial score (nSPS) is 12.4. The van der Waals surface area contributed by atoms with Gasteiger partial charge in [0.25, 0.3) is 0 Å². The molecule has 0 saturated carbocycles. The molecule has 1 nitrogen and oxygen atoms in total. The third-order valence-corrected chi connectivity index (χ3v) is 4.24. The monoisotopic (exact) mass is 301 g/mol. The fourth-order valence-corrected chi connectivity index (χ4v) is 2.95. The van der Waals surface area contributed by atoms with Crippen LogP contribution >= 0.6 is 11.6 Å². The smallest absolute Gasteiger partial charge is 0.0406 e. The van der Waals surface area contributed by atoms with Crippen molar-refractivity contribution in [2.45, 2.75) is 39.7 Å². The van der Waals surface area contributed by atoms with Gasteiger partial charge in [-0.3, -0.25) is 0 Å². The fourth-order valence-electron chi connectivity index (χ4n) is 2.83. The maximum Gasteiger partial charge on any atom is 0.0406 e. The van der Waals surface area contributed by atoms with E-state index < -0.39 is 0 Å². The minimum absolute atomic E-state index is 0.455. The van der Waals surface area contributed by atoms with Gasteiger partial charge in [-0.15, -0.1) is 0 Å². The van der Waals surface area contributed by atoms with Gasteiger partial charge in [0.1, 0.15) is 0 Å². The van der Waals surface area contributed by atoms with Gasteiger partial charge in [-0.05, 0) is 67.6 Å². The number of halogens is 1.